The van der Waals surface area contributed by atoms with Crippen LogP contribution in [0.1, 0.15) is 26.7 Å². The summed E-state index contributed by atoms with van der Waals surface area (Å²) in [7, 11) is 3.96. The number of alkyl halides is 3. The van der Waals surface area contributed by atoms with Crippen LogP contribution in [0.2, 0.25) is 0 Å². The maximum atomic E-state index is 12.2. The van der Waals surface area contributed by atoms with E-state index >= 15 is 0 Å². The van der Waals surface area contributed by atoms with Crippen LogP contribution in [0.15, 0.2) is 4.99 Å². The van der Waals surface area contributed by atoms with Gasteiger partial charge in [-0.3, -0.25) is 4.99 Å². The lowest BCUT2D eigenvalue weighted by Gasteiger charge is -2.19. The van der Waals surface area contributed by atoms with E-state index in [2.05, 4.69) is 20.5 Å². The Morgan fingerprint density at radius 1 is 1.22 bits per heavy atom. The van der Waals surface area contributed by atoms with Crippen LogP contribution in [0.4, 0.5) is 13.2 Å². The van der Waals surface area contributed by atoms with Gasteiger partial charge in [0.25, 0.3) is 0 Å². The van der Waals surface area contributed by atoms with Crippen molar-refractivity contribution in [2.75, 3.05) is 46.9 Å². The molecule has 1 unspecified atom stereocenters. The van der Waals surface area contributed by atoms with Crippen molar-refractivity contribution in [2.45, 2.75) is 39.0 Å². The lowest BCUT2D eigenvalue weighted by molar-refractivity contribution is -0.132. The van der Waals surface area contributed by atoms with Crippen molar-refractivity contribution in [2.24, 2.45) is 4.99 Å². The maximum Gasteiger partial charge on any atom is 0.390 e. The van der Waals surface area contributed by atoms with Crippen LogP contribution in [-0.4, -0.2) is 70.0 Å². The molecule has 0 radical (unpaired) electrons. The highest BCUT2D eigenvalue weighted by molar-refractivity contribution is 14.0. The normalized spacial score (nSPS) is 13.7. The minimum Gasteiger partial charge on any atom is -0.377 e. The van der Waals surface area contributed by atoms with Gasteiger partial charge >= 0.3 is 6.18 Å². The first kappa shape index (κ1) is 25.0. The summed E-state index contributed by atoms with van der Waals surface area (Å²) in [6, 6.07) is 0. The number of nitrogens with zero attached hydrogens (tertiary/aromatic N) is 2. The fourth-order valence-electron chi connectivity index (χ4n) is 1.72. The average molecular weight is 454 g/mol. The van der Waals surface area contributed by atoms with Gasteiger partial charge in [-0.2, -0.15) is 13.2 Å². The Balaban J connectivity index is 0. The SMILES string of the molecule is CCNC(=NCC(CCN(C)C)OCC)NCCC(F)(F)F.I. The molecule has 0 aliphatic heterocycles. The first-order chi connectivity index (χ1) is 10.3. The van der Waals surface area contributed by atoms with Crippen LogP contribution >= 0.6 is 24.0 Å². The summed E-state index contributed by atoms with van der Waals surface area (Å²) < 4.78 is 42.1. The van der Waals surface area contributed by atoms with Gasteiger partial charge in [-0.05, 0) is 34.4 Å². The molecule has 0 aliphatic rings. The van der Waals surface area contributed by atoms with Crippen LogP contribution in [0, 0.1) is 0 Å². The van der Waals surface area contributed by atoms with Crippen LogP contribution < -0.4 is 10.6 Å². The van der Waals surface area contributed by atoms with E-state index in [4.69, 9.17) is 4.74 Å². The summed E-state index contributed by atoms with van der Waals surface area (Å²) in [4.78, 5) is 6.37. The van der Waals surface area contributed by atoms with E-state index in [0.717, 1.165) is 13.0 Å². The summed E-state index contributed by atoms with van der Waals surface area (Å²) in [6.45, 7) is 6.07. The molecule has 0 spiro atoms. The number of aliphatic imine (C=N–C) groups is 1. The van der Waals surface area contributed by atoms with Gasteiger partial charge in [0.1, 0.15) is 0 Å². The predicted molar refractivity (Wildman–Crippen MR) is 98.7 cm³/mol. The molecule has 0 aromatic rings. The van der Waals surface area contributed by atoms with Gasteiger partial charge < -0.3 is 20.3 Å². The fourth-order valence-corrected chi connectivity index (χ4v) is 1.72. The molecule has 0 fully saturated rings. The molecule has 0 aromatic carbocycles. The van der Waals surface area contributed by atoms with Gasteiger partial charge in [0, 0.05) is 26.2 Å². The molecule has 0 saturated carbocycles. The molecule has 0 aromatic heterocycles. The summed E-state index contributed by atoms with van der Waals surface area (Å²) in [5.74, 6) is 0.390. The lowest BCUT2D eigenvalue weighted by Crippen LogP contribution is -2.39. The largest absolute Gasteiger partial charge is 0.390 e. The van der Waals surface area contributed by atoms with Crippen molar-refractivity contribution < 1.29 is 17.9 Å². The second kappa shape index (κ2) is 14.1. The van der Waals surface area contributed by atoms with E-state index in [9.17, 15) is 13.2 Å². The van der Waals surface area contributed by atoms with Gasteiger partial charge in [0.2, 0.25) is 0 Å². The highest BCUT2D eigenvalue weighted by atomic mass is 127. The second-order valence-electron chi connectivity index (χ2n) is 5.18. The van der Waals surface area contributed by atoms with E-state index in [1.807, 2.05) is 27.9 Å². The van der Waals surface area contributed by atoms with Crippen molar-refractivity contribution >= 4 is 29.9 Å². The molecule has 2 N–H and O–H groups in total. The lowest BCUT2D eigenvalue weighted by atomic mass is 10.2. The molecule has 140 valence electrons. The van der Waals surface area contributed by atoms with Gasteiger partial charge in [-0.1, -0.05) is 0 Å². The third-order valence-corrected chi connectivity index (χ3v) is 2.80. The third kappa shape index (κ3) is 16.4. The number of hydrogen-bond donors (Lipinski definition) is 2. The van der Waals surface area contributed by atoms with Crippen molar-refractivity contribution in [3.8, 4) is 0 Å². The minimum atomic E-state index is -4.16. The monoisotopic (exact) mass is 454 g/mol. The van der Waals surface area contributed by atoms with Crippen LogP contribution in [0.5, 0.6) is 0 Å². The standard InChI is InChI=1S/C14H29F3N4O.HI/c1-5-18-13(19-9-8-14(15,16)17)20-11-12(22-6-2)7-10-21(3)4;/h12H,5-11H2,1-4H3,(H2,18,19,20);1H. The Labute approximate surface area is 154 Å². The summed E-state index contributed by atoms with van der Waals surface area (Å²) >= 11 is 0. The van der Waals surface area contributed by atoms with Crippen molar-refractivity contribution in [1.82, 2.24) is 15.5 Å². The van der Waals surface area contributed by atoms with Crippen LogP contribution in [-0.2, 0) is 4.74 Å². The van der Waals surface area contributed by atoms with Gasteiger partial charge in [-0.25, -0.2) is 0 Å². The number of hydrogen-bond acceptors (Lipinski definition) is 3. The Morgan fingerprint density at radius 3 is 2.35 bits per heavy atom. The molecule has 0 rings (SSSR count). The van der Waals surface area contributed by atoms with E-state index in [1.54, 1.807) is 0 Å². The Morgan fingerprint density at radius 2 is 1.87 bits per heavy atom. The predicted octanol–water partition coefficient (Wildman–Crippen LogP) is 2.47. The minimum absolute atomic E-state index is 0. The first-order valence-electron chi connectivity index (χ1n) is 7.63. The smallest absolute Gasteiger partial charge is 0.377 e. The highest BCUT2D eigenvalue weighted by Gasteiger charge is 2.26. The van der Waals surface area contributed by atoms with E-state index in [-0.39, 0.29) is 36.6 Å². The number of halogens is 4. The quantitative estimate of drug-likeness (QED) is 0.303. The van der Waals surface area contributed by atoms with Crippen LogP contribution in [0.3, 0.4) is 0 Å². The van der Waals surface area contributed by atoms with Crippen LogP contribution in [0.25, 0.3) is 0 Å². The summed E-state index contributed by atoms with van der Waals surface area (Å²) in [6.07, 6.45) is -4.26. The molecule has 0 amide bonds. The molecule has 9 heteroatoms. The molecule has 0 aliphatic carbocycles. The molecule has 0 saturated heterocycles. The zero-order valence-corrected chi connectivity index (χ0v) is 16.7. The average Bonchev–Trinajstić information content (AvgIpc) is 2.40. The van der Waals surface area contributed by atoms with Crippen molar-refractivity contribution in [3.63, 3.8) is 0 Å². The first-order valence-corrected chi connectivity index (χ1v) is 7.63. The molecular weight excluding hydrogens is 424 g/mol. The molecule has 23 heavy (non-hydrogen) atoms. The zero-order chi connectivity index (χ0) is 17.0. The summed E-state index contributed by atoms with van der Waals surface area (Å²) in [5, 5.41) is 5.63. The Bertz CT molecular complexity index is 315. The number of guanidine groups is 1. The van der Waals surface area contributed by atoms with Gasteiger partial charge in [0.05, 0.1) is 19.1 Å². The number of nitrogens with one attached hydrogen (secondary N) is 2. The van der Waals surface area contributed by atoms with Gasteiger partial charge in [0.15, 0.2) is 5.96 Å². The van der Waals surface area contributed by atoms with E-state index < -0.39 is 12.6 Å². The number of rotatable bonds is 10. The zero-order valence-electron chi connectivity index (χ0n) is 14.4. The highest BCUT2D eigenvalue weighted by Crippen LogP contribution is 2.18. The Hall–Kier alpha value is -0.290. The fraction of sp³-hybridized carbons (Fsp3) is 0.929. The Kier molecular flexibility index (Phi) is 15.3. The molecule has 0 bridgehead atoms. The van der Waals surface area contributed by atoms with Crippen molar-refractivity contribution in [1.29, 1.82) is 0 Å². The molecule has 0 heterocycles. The molecule has 5 nitrogen and oxygen atoms in total. The summed E-state index contributed by atoms with van der Waals surface area (Å²) in [5.41, 5.74) is 0. The molecule has 1 atom stereocenters. The third-order valence-electron chi connectivity index (χ3n) is 2.80. The van der Waals surface area contributed by atoms with E-state index in [1.165, 1.54) is 0 Å². The molecular formula is C14H30F3IN4O. The van der Waals surface area contributed by atoms with Gasteiger partial charge in [-0.15, -0.1) is 24.0 Å². The topological polar surface area (TPSA) is 48.9 Å². The second-order valence-corrected chi connectivity index (χ2v) is 5.18. The number of ether oxygens (including phenoxy) is 1. The maximum absolute atomic E-state index is 12.2. The van der Waals surface area contributed by atoms with E-state index in [0.29, 0.717) is 25.7 Å². The van der Waals surface area contributed by atoms with Crippen molar-refractivity contribution in [3.05, 3.63) is 0 Å².